The lowest BCUT2D eigenvalue weighted by atomic mass is 10.2. The van der Waals surface area contributed by atoms with Crippen molar-refractivity contribution < 1.29 is 14.0 Å². The van der Waals surface area contributed by atoms with E-state index < -0.39 is 0 Å². The molecule has 1 aliphatic rings. The largest absolute Gasteiger partial charge is 0.486 e. The summed E-state index contributed by atoms with van der Waals surface area (Å²) in [4.78, 5) is 4.35. The van der Waals surface area contributed by atoms with E-state index >= 15 is 0 Å². The first-order valence-electron chi connectivity index (χ1n) is 7.43. The fourth-order valence-electron chi connectivity index (χ4n) is 2.19. The van der Waals surface area contributed by atoms with Gasteiger partial charge >= 0.3 is 0 Å². The van der Waals surface area contributed by atoms with Gasteiger partial charge in [0.2, 0.25) is 0 Å². The van der Waals surface area contributed by atoms with E-state index in [1.807, 2.05) is 25.3 Å². The maximum absolute atomic E-state index is 5.61. The van der Waals surface area contributed by atoms with E-state index in [1.165, 1.54) is 0 Å². The standard InChI is InChI=1S/C16H18BrN3O3.ClH/c1-10(18-2)7-14-19-15(23-20-14)4-3-11-8-12(17)16-13(9-11)21-5-6-22-16;/h3-4,8-10,18H,5-7H2,1-2H3;1H/b4-3+;. The maximum Gasteiger partial charge on any atom is 0.250 e. The molecule has 24 heavy (non-hydrogen) atoms. The SMILES string of the molecule is CNC(C)Cc1noc(/C=C/c2cc(Br)c3c(c2)OCCO3)n1.Cl. The van der Waals surface area contributed by atoms with Crippen LogP contribution in [-0.2, 0) is 6.42 Å². The molecule has 3 rings (SSSR count). The molecular formula is C16H19BrClN3O3. The Labute approximate surface area is 155 Å². The van der Waals surface area contributed by atoms with Crippen molar-refractivity contribution >= 4 is 40.5 Å². The van der Waals surface area contributed by atoms with Crippen molar-refractivity contribution in [2.24, 2.45) is 0 Å². The van der Waals surface area contributed by atoms with Gasteiger partial charge in [-0.3, -0.25) is 0 Å². The predicted octanol–water partition coefficient (Wildman–Crippen LogP) is 3.35. The van der Waals surface area contributed by atoms with Crippen LogP contribution in [-0.4, -0.2) is 36.4 Å². The van der Waals surface area contributed by atoms with Gasteiger partial charge in [-0.1, -0.05) is 5.16 Å². The number of ether oxygens (including phenoxy) is 2. The molecule has 0 radical (unpaired) electrons. The van der Waals surface area contributed by atoms with Crippen LogP contribution in [0.25, 0.3) is 12.2 Å². The molecule has 1 atom stereocenters. The van der Waals surface area contributed by atoms with Crippen molar-refractivity contribution in [2.75, 3.05) is 20.3 Å². The second-order valence-electron chi connectivity index (χ2n) is 5.30. The number of hydrogen-bond acceptors (Lipinski definition) is 6. The van der Waals surface area contributed by atoms with Crippen molar-refractivity contribution in [3.63, 3.8) is 0 Å². The Bertz CT molecular complexity index is 721. The van der Waals surface area contributed by atoms with Gasteiger partial charge in [-0.2, -0.15) is 4.98 Å². The molecule has 0 spiro atoms. The fourth-order valence-corrected chi connectivity index (χ4v) is 2.76. The predicted molar refractivity (Wildman–Crippen MR) is 97.8 cm³/mol. The topological polar surface area (TPSA) is 69.4 Å². The van der Waals surface area contributed by atoms with Crippen LogP contribution in [0.4, 0.5) is 0 Å². The minimum Gasteiger partial charge on any atom is -0.486 e. The molecule has 0 bridgehead atoms. The third kappa shape index (κ3) is 4.49. The molecule has 0 saturated heterocycles. The van der Waals surface area contributed by atoms with Crippen LogP contribution in [0.15, 0.2) is 21.1 Å². The minimum atomic E-state index is 0. The molecule has 0 amide bonds. The summed E-state index contributed by atoms with van der Waals surface area (Å²) in [5.41, 5.74) is 0.962. The summed E-state index contributed by atoms with van der Waals surface area (Å²) in [6, 6.07) is 4.19. The average Bonchev–Trinajstić information content (AvgIpc) is 3.00. The van der Waals surface area contributed by atoms with Crippen molar-refractivity contribution in [2.45, 2.75) is 19.4 Å². The number of rotatable bonds is 5. The van der Waals surface area contributed by atoms with Crippen LogP contribution in [0.3, 0.4) is 0 Å². The number of aromatic nitrogens is 2. The summed E-state index contributed by atoms with van der Waals surface area (Å²) in [5, 5.41) is 7.12. The second kappa shape index (κ2) is 8.50. The molecule has 1 aromatic heterocycles. The second-order valence-corrected chi connectivity index (χ2v) is 6.16. The lowest BCUT2D eigenvalue weighted by molar-refractivity contribution is 0.170. The molecule has 8 heteroatoms. The zero-order valence-electron chi connectivity index (χ0n) is 13.4. The Hall–Kier alpha value is -1.57. The van der Waals surface area contributed by atoms with Gasteiger partial charge in [0.15, 0.2) is 17.3 Å². The van der Waals surface area contributed by atoms with Crippen LogP contribution >= 0.6 is 28.3 Å². The Kier molecular flexibility index (Phi) is 6.65. The highest BCUT2D eigenvalue weighted by atomic mass is 79.9. The smallest absolute Gasteiger partial charge is 0.250 e. The quantitative estimate of drug-likeness (QED) is 0.806. The molecule has 130 valence electrons. The monoisotopic (exact) mass is 415 g/mol. The fraction of sp³-hybridized carbons (Fsp3) is 0.375. The van der Waals surface area contributed by atoms with Crippen LogP contribution < -0.4 is 14.8 Å². The number of nitrogens with zero attached hydrogens (tertiary/aromatic N) is 2. The lowest BCUT2D eigenvalue weighted by Gasteiger charge is -2.19. The van der Waals surface area contributed by atoms with Gasteiger partial charge in [-0.15, -0.1) is 12.4 Å². The molecule has 0 aliphatic carbocycles. The molecule has 2 aromatic rings. The molecule has 0 saturated carbocycles. The Morgan fingerprint density at radius 2 is 2.08 bits per heavy atom. The average molecular weight is 417 g/mol. The van der Waals surface area contributed by atoms with Crippen molar-refractivity contribution in [1.82, 2.24) is 15.5 Å². The van der Waals surface area contributed by atoms with E-state index in [1.54, 1.807) is 6.08 Å². The number of nitrogens with one attached hydrogen (secondary N) is 1. The summed E-state index contributed by atoms with van der Waals surface area (Å²) in [5.74, 6) is 2.65. The first kappa shape index (κ1) is 18.8. The summed E-state index contributed by atoms with van der Waals surface area (Å²) < 4.78 is 17.3. The number of likely N-dealkylation sites (N-methyl/N-ethyl adjacent to an activating group) is 1. The number of benzene rings is 1. The first-order chi connectivity index (χ1) is 11.2. The van der Waals surface area contributed by atoms with Crippen molar-refractivity contribution in [3.8, 4) is 11.5 Å². The van der Waals surface area contributed by atoms with Gasteiger partial charge in [-0.25, -0.2) is 0 Å². The Balaban J connectivity index is 0.00000208. The van der Waals surface area contributed by atoms with Gasteiger partial charge in [0.1, 0.15) is 13.2 Å². The minimum absolute atomic E-state index is 0. The molecule has 0 fully saturated rings. The Morgan fingerprint density at radius 1 is 1.29 bits per heavy atom. The highest BCUT2D eigenvalue weighted by molar-refractivity contribution is 9.10. The molecule has 1 unspecified atom stereocenters. The van der Waals surface area contributed by atoms with Crippen LogP contribution in [0.1, 0.15) is 24.2 Å². The Morgan fingerprint density at radius 3 is 2.88 bits per heavy atom. The van der Waals surface area contributed by atoms with E-state index in [2.05, 4.69) is 38.3 Å². The molecule has 6 nitrogen and oxygen atoms in total. The van der Waals surface area contributed by atoms with E-state index in [4.69, 9.17) is 14.0 Å². The number of halogens is 2. The van der Waals surface area contributed by atoms with Crippen LogP contribution in [0, 0.1) is 0 Å². The highest BCUT2D eigenvalue weighted by Crippen LogP contribution is 2.38. The van der Waals surface area contributed by atoms with Gasteiger partial charge in [0.25, 0.3) is 5.89 Å². The van der Waals surface area contributed by atoms with Gasteiger partial charge < -0.3 is 19.3 Å². The van der Waals surface area contributed by atoms with E-state index in [0.29, 0.717) is 31.0 Å². The van der Waals surface area contributed by atoms with Crippen molar-refractivity contribution in [3.05, 3.63) is 33.9 Å². The normalized spacial score (nSPS) is 14.5. The van der Waals surface area contributed by atoms with E-state index in [0.717, 1.165) is 28.0 Å². The number of fused-ring (bicyclic) bond motifs is 1. The van der Waals surface area contributed by atoms with E-state index in [-0.39, 0.29) is 12.4 Å². The third-order valence-electron chi connectivity index (χ3n) is 3.50. The van der Waals surface area contributed by atoms with Gasteiger partial charge in [0, 0.05) is 18.5 Å². The molecule has 1 aromatic carbocycles. The van der Waals surface area contributed by atoms with Crippen LogP contribution in [0.5, 0.6) is 11.5 Å². The summed E-state index contributed by atoms with van der Waals surface area (Å²) in [6.45, 7) is 3.19. The zero-order valence-corrected chi connectivity index (χ0v) is 15.8. The third-order valence-corrected chi connectivity index (χ3v) is 4.09. The van der Waals surface area contributed by atoms with Crippen molar-refractivity contribution in [1.29, 1.82) is 0 Å². The highest BCUT2D eigenvalue weighted by Gasteiger charge is 2.15. The van der Waals surface area contributed by atoms with Gasteiger partial charge in [0.05, 0.1) is 4.47 Å². The number of hydrogen-bond donors (Lipinski definition) is 1. The van der Waals surface area contributed by atoms with Crippen LogP contribution in [0.2, 0.25) is 0 Å². The summed E-state index contributed by atoms with van der Waals surface area (Å²) >= 11 is 3.50. The molecule has 2 heterocycles. The zero-order chi connectivity index (χ0) is 16.2. The molecule has 1 N–H and O–H groups in total. The van der Waals surface area contributed by atoms with E-state index in [9.17, 15) is 0 Å². The first-order valence-corrected chi connectivity index (χ1v) is 8.22. The molecule has 1 aliphatic heterocycles. The lowest BCUT2D eigenvalue weighted by Crippen LogP contribution is -2.24. The molecular weight excluding hydrogens is 398 g/mol. The maximum atomic E-state index is 5.61. The van der Waals surface area contributed by atoms with Gasteiger partial charge in [-0.05, 0) is 53.7 Å². The summed E-state index contributed by atoms with van der Waals surface area (Å²) in [6.07, 6.45) is 4.42. The summed E-state index contributed by atoms with van der Waals surface area (Å²) in [7, 11) is 1.91.